The van der Waals surface area contributed by atoms with Crippen molar-refractivity contribution in [3.05, 3.63) is 70.8 Å². The lowest BCUT2D eigenvalue weighted by Gasteiger charge is -2.24. The van der Waals surface area contributed by atoms with Gasteiger partial charge >= 0.3 is 0 Å². The van der Waals surface area contributed by atoms with Gasteiger partial charge in [0.2, 0.25) is 0 Å². The zero-order valence-electron chi connectivity index (χ0n) is 13.9. The molecule has 0 aliphatic heterocycles. The van der Waals surface area contributed by atoms with Crippen LogP contribution >= 0.6 is 0 Å². The van der Waals surface area contributed by atoms with Gasteiger partial charge in [0.25, 0.3) is 15.7 Å². The lowest BCUT2D eigenvalue weighted by molar-refractivity contribution is -0.385. The van der Waals surface area contributed by atoms with E-state index < -0.39 is 14.9 Å². The molecule has 2 aromatic carbocycles. The van der Waals surface area contributed by atoms with E-state index in [9.17, 15) is 18.5 Å². The molecule has 0 amide bonds. The minimum absolute atomic E-state index is 0.0175. The van der Waals surface area contributed by atoms with Gasteiger partial charge in [0.1, 0.15) is 5.75 Å². The van der Waals surface area contributed by atoms with Gasteiger partial charge in [-0.15, -0.1) is 6.58 Å². The predicted molar refractivity (Wildman–Crippen MR) is 95.6 cm³/mol. The van der Waals surface area contributed by atoms with E-state index in [1.54, 1.807) is 12.1 Å². The second kappa shape index (κ2) is 7.35. The maximum Gasteiger partial charge on any atom is 0.274 e. The SMILES string of the molecule is C=CCN(c1cccc([N+](=O)[O-])c1C)S(=O)(=O)c1ccc(OC)cc1. The van der Waals surface area contributed by atoms with E-state index in [-0.39, 0.29) is 28.4 Å². The van der Waals surface area contributed by atoms with Crippen LogP contribution in [0.25, 0.3) is 0 Å². The molecular weight excluding hydrogens is 344 g/mol. The van der Waals surface area contributed by atoms with Crippen LogP contribution in [0.5, 0.6) is 5.75 Å². The summed E-state index contributed by atoms with van der Waals surface area (Å²) in [6.45, 7) is 5.09. The van der Waals surface area contributed by atoms with Gasteiger partial charge in [0, 0.05) is 6.07 Å². The normalized spacial score (nSPS) is 11.0. The molecular formula is C17H18N2O5S. The molecule has 0 fully saturated rings. The molecule has 0 radical (unpaired) electrons. The minimum atomic E-state index is -3.92. The molecule has 2 rings (SSSR count). The highest BCUT2D eigenvalue weighted by molar-refractivity contribution is 7.92. The number of hydrogen-bond acceptors (Lipinski definition) is 5. The largest absolute Gasteiger partial charge is 0.497 e. The monoisotopic (exact) mass is 362 g/mol. The standard InChI is InChI=1S/C17H18N2O5S/c1-4-12-18(16-6-5-7-17(13(16)2)19(20)21)25(22,23)15-10-8-14(24-3)9-11-15/h4-11H,1,12H2,2-3H3. The molecule has 0 aliphatic carbocycles. The first-order valence-electron chi connectivity index (χ1n) is 7.34. The maximum atomic E-state index is 13.0. The van der Waals surface area contributed by atoms with Crippen LogP contribution in [-0.4, -0.2) is 27.0 Å². The van der Waals surface area contributed by atoms with E-state index >= 15 is 0 Å². The molecule has 2 aromatic rings. The van der Waals surface area contributed by atoms with Gasteiger partial charge in [-0.3, -0.25) is 14.4 Å². The van der Waals surface area contributed by atoms with Gasteiger partial charge < -0.3 is 4.74 Å². The van der Waals surface area contributed by atoms with Gasteiger partial charge in [-0.1, -0.05) is 12.1 Å². The molecule has 0 atom stereocenters. The van der Waals surface area contributed by atoms with Crippen molar-refractivity contribution in [2.24, 2.45) is 0 Å². The van der Waals surface area contributed by atoms with Crippen LogP contribution in [0.15, 0.2) is 60.0 Å². The molecule has 132 valence electrons. The molecule has 0 aliphatic rings. The quantitative estimate of drug-likeness (QED) is 0.428. The summed E-state index contributed by atoms with van der Waals surface area (Å²) in [5, 5.41) is 11.1. The van der Waals surface area contributed by atoms with Crippen molar-refractivity contribution in [3.63, 3.8) is 0 Å². The zero-order valence-corrected chi connectivity index (χ0v) is 14.7. The van der Waals surface area contributed by atoms with E-state index in [1.807, 2.05) is 0 Å². The lowest BCUT2D eigenvalue weighted by Crippen LogP contribution is -2.31. The van der Waals surface area contributed by atoms with Gasteiger partial charge in [-0.2, -0.15) is 0 Å². The Kier molecular flexibility index (Phi) is 5.43. The van der Waals surface area contributed by atoms with E-state index in [1.165, 1.54) is 50.4 Å². The number of nitro benzene ring substituents is 1. The number of hydrogen-bond donors (Lipinski definition) is 0. The molecule has 0 unspecified atom stereocenters. The van der Waals surface area contributed by atoms with Crippen molar-refractivity contribution in [1.82, 2.24) is 0 Å². The fourth-order valence-corrected chi connectivity index (χ4v) is 3.89. The third-order valence-corrected chi connectivity index (χ3v) is 5.48. The Labute approximate surface area is 146 Å². The Morgan fingerprint density at radius 1 is 1.24 bits per heavy atom. The number of nitrogens with zero attached hydrogens (tertiary/aromatic N) is 2. The summed E-state index contributed by atoms with van der Waals surface area (Å²) in [4.78, 5) is 10.7. The summed E-state index contributed by atoms with van der Waals surface area (Å²) in [5.41, 5.74) is 0.368. The summed E-state index contributed by atoms with van der Waals surface area (Å²) in [6, 6.07) is 10.3. The molecule has 0 saturated heterocycles. The second-order valence-electron chi connectivity index (χ2n) is 5.18. The molecule has 0 saturated carbocycles. The van der Waals surface area contributed by atoms with Crippen LogP contribution < -0.4 is 9.04 Å². The minimum Gasteiger partial charge on any atom is -0.497 e. The number of ether oxygens (including phenoxy) is 1. The summed E-state index contributed by atoms with van der Waals surface area (Å²) in [5.74, 6) is 0.528. The van der Waals surface area contributed by atoms with Gasteiger partial charge in [-0.05, 0) is 37.3 Å². The number of rotatable bonds is 7. The van der Waals surface area contributed by atoms with Crippen LogP contribution in [0.3, 0.4) is 0 Å². The van der Waals surface area contributed by atoms with Crippen LogP contribution in [0, 0.1) is 17.0 Å². The molecule has 0 heterocycles. The van der Waals surface area contributed by atoms with Crippen molar-refractivity contribution in [1.29, 1.82) is 0 Å². The number of anilines is 1. The molecule has 8 heteroatoms. The zero-order chi connectivity index (χ0) is 18.6. The van der Waals surface area contributed by atoms with E-state index in [0.717, 1.165) is 4.31 Å². The lowest BCUT2D eigenvalue weighted by atomic mass is 10.1. The van der Waals surface area contributed by atoms with Crippen molar-refractivity contribution < 1.29 is 18.1 Å². The number of nitro groups is 1. The highest BCUT2D eigenvalue weighted by atomic mass is 32.2. The number of sulfonamides is 1. The Morgan fingerprint density at radius 2 is 1.88 bits per heavy atom. The molecule has 0 aromatic heterocycles. The van der Waals surface area contributed by atoms with Crippen molar-refractivity contribution in [2.75, 3.05) is 18.0 Å². The van der Waals surface area contributed by atoms with Crippen molar-refractivity contribution >= 4 is 21.4 Å². The first-order chi connectivity index (χ1) is 11.8. The predicted octanol–water partition coefficient (Wildman–Crippen LogP) is 3.29. The molecule has 0 bridgehead atoms. The Balaban J connectivity index is 2.59. The number of methoxy groups -OCH3 is 1. The molecule has 7 nitrogen and oxygen atoms in total. The number of benzene rings is 2. The van der Waals surface area contributed by atoms with E-state index in [4.69, 9.17) is 4.74 Å². The third kappa shape index (κ3) is 3.63. The highest BCUT2D eigenvalue weighted by Crippen LogP contribution is 2.32. The molecule has 25 heavy (non-hydrogen) atoms. The second-order valence-corrected chi connectivity index (χ2v) is 7.04. The highest BCUT2D eigenvalue weighted by Gasteiger charge is 2.27. The van der Waals surface area contributed by atoms with E-state index in [2.05, 4.69) is 6.58 Å². The fraction of sp³-hybridized carbons (Fsp3) is 0.176. The first-order valence-corrected chi connectivity index (χ1v) is 8.78. The van der Waals surface area contributed by atoms with Gasteiger partial charge in [0.05, 0.1) is 34.7 Å². The summed E-state index contributed by atoms with van der Waals surface area (Å²) in [6.07, 6.45) is 1.43. The van der Waals surface area contributed by atoms with E-state index in [0.29, 0.717) is 5.75 Å². The van der Waals surface area contributed by atoms with Crippen LogP contribution in [0.4, 0.5) is 11.4 Å². The Morgan fingerprint density at radius 3 is 2.40 bits per heavy atom. The molecule has 0 N–H and O–H groups in total. The summed E-state index contributed by atoms with van der Waals surface area (Å²) in [7, 11) is -2.44. The van der Waals surface area contributed by atoms with Gasteiger partial charge in [-0.25, -0.2) is 8.42 Å². The summed E-state index contributed by atoms with van der Waals surface area (Å²) >= 11 is 0. The summed E-state index contributed by atoms with van der Waals surface area (Å²) < 4.78 is 32.2. The van der Waals surface area contributed by atoms with Gasteiger partial charge in [0.15, 0.2) is 0 Å². The smallest absolute Gasteiger partial charge is 0.274 e. The first kappa shape index (κ1) is 18.5. The average Bonchev–Trinajstić information content (AvgIpc) is 2.60. The van der Waals surface area contributed by atoms with Crippen molar-refractivity contribution in [2.45, 2.75) is 11.8 Å². The van der Waals surface area contributed by atoms with Crippen molar-refractivity contribution in [3.8, 4) is 5.75 Å². The third-order valence-electron chi connectivity index (χ3n) is 3.68. The van der Waals surface area contributed by atoms with Crippen LogP contribution in [0.1, 0.15) is 5.56 Å². The molecule has 0 spiro atoms. The Hall–Kier alpha value is -2.87. The fourth-order valence-electron chi connectivity index (χ4n) is 2.40. The maximum absolute atomic E-state index is 13.0. The topological polar surface area (TPSA) is 89.8 Å². The van der Waals surface area contributed by atoms with Crippen LogP contribution in [0.2, 0.25) is 0 Å². The van der Waals surface area contributed by atoms with Crippen LogP contribution in [-0.2, 0) is 10.0 Å². The average molecular weight is 362 g/mol. The Bertz CT molecular complexity index is 892.